The van der Waals surface area contributed by atoms with E-state index in [1.165, 1.54) is 0 Å². The summed E-state index contributed by atoms with van der Waals surface area (Å²) in [5, 5.41) is 20.8. The predicted octanol–water partition coefficient (Wildman–Crippen LogP) is 2.30. The summed E-state index contributed by atoms with van der Waals surface area (Å²) >= 11 is 0. The maximum Gasteiger partial charge on any atom is 0.410 e. The fourth-order valence-electron chi connectivity index (χ4n) is 3.74. The number of rotatable bonds is 2. The molecule has 0 atom stereocenters. The Kier molecular flexibility index (Phi) is 4.54. The second-order valence-corrected chi connectivity index (χ2v) is 7.64. The Bertz CT molecular complexity index is 374. The van der Waals surface area contributed by atoms with E-state index in [1.54, 1.807) is 4.90 Å². The number of nitrogens with zero attached hydrogens (tertiary/aromatic N) is 1. The molecule has 0 radical (unpaired) electrons. The lowest BCUT2D eigenvalue weighted by molar-refractivity contribution is -0.136. The Labute approximate surface area is 127 Å². The van der Waals surface area contributed by atoms with Gasteiger partial charge in [-0.05, 0) is 46.5 Å². The summed E-state index contributed by atoms with van der Waals surface area (Å²) in [5.74, 6) is 0. The molecule has 122 valence electrons. The molecule has 2 rings (SSSR count). The van der Waals surface area contributed by atoms with Gasteiger partial charge in [-0.3, -0.25) is 0 Å². The molecule has 0 aromatic rings. The van der Waals surface area contributed by atoms with E-state index in [9.17, 15) is 15.0 Å². The summed E-state index contributed by atoms with van der Waals surface area (Å²) in [4.78, 5) is 13.7. The van der Waals surface area contributed by atoms with Crippen molar-refractivity contribution >= 4 is 6.09 Å². The SMILES string of the molecule is CC(C)(C)OC(=O)N1CCC(O)(C2(CO)CCCC2)CC1. The quantitative estimate of drug-likeness (QED) is 0.821. The van der Waals surface area contributed by atoms with Crippen molar-refractivity contribution in [3.8, 4) is 0 Å². The Balaban J connectivity index is 1.97. The van der Waals surface area contributed by atoms with Gasteiger partial charge in [0.1, 0.15) is 5.60 Å². The van der Waals surface area contributed by atoms with E-state index in [4.69, 9.17) is 4.74 Å². The van der Waals surface area contributed by atoms with Crippen molar-refractivity contribution in [2.75, 3.05) is 19.7 Å². The van der Waals surface area contributed by atoms with Crippen LogP contribution >= 0.6 is 0 Å². The zero-order valence-electron chi connectivity index (χ0n) is 13.5. The summed E-state index contributed by atoms with van der Waals surface area (Å²) in [7, 11) is 0. The summed E-state index contributed by atoms with van der Waals surface area (Å²) in [5.41, 5.74) is -1.72. The van der Waals surface area contributed by atoms with Crippen LogP contribution in [0.3, 0.4) is 0 Å². The lowest BCUT2D eigenvalue weighted by atomic mass is 9.66. The highest BCUT2D eigenvalue weighted by molar-refractivity contribution is 5.68. The van der Waals surface area contributed by atoms with Gasteiger partial charge in [-0.2, -0.15) is 0 Å². The third-order valence-corrected chi connectivity index (χ3v) is 5.09. The van der Waals surface area contributed by atoms with E-state index < -0.39 is 11.2 Å². The highest BCUT2D eigenvalue weighted by atomic mass is 16.6. The van der Waals surface area contributed by atoms with Gasteiger partial charge >= 0.3 is 6.09 Å². The first-order valence-corrected chi connectivity index (χ1v) is 8.03. The average Bonchev–Trinajstić information content (AvgIpc) is 2.88. The maximum absolute atomic E-state index is 12.1. The largest absolute Gasteiger partial charge is 0.444 e. The van der Waals surface area contributed by atoms with Crippen LogP contribution in [0.1, 0.15) is 59.3 Å². The summed E-state index contributed by atoms with van der Waals surface area (Å²) in [6.07, 6.45) is 4.63. The van der Waals surface area contributed by atoms with Gasteiger partial charge in [-0.1, -0.05) is 12.8 Å². The molecule has 0 unspecified atom stereocenters. The van der Waals surface area contributed by atoms with Crippen molar-refractivity contribution in [2.24, 2.45) is 5.41 Å². The maximum atomic E-state index is 12.1. The van der Waals surface area contributed by atoms with E-state index in [-0.39, 0.29) is 18.1 Å². The number of aliphatic hydroxyl groups is 2. The van der Waals surface area contributed by atoms with Crippen LogP contribution < -0.4 is 0 Å². The second kappa shape index (κ2) is 5.76. The summed E-state index contributed by atoms with van der Waals surface area (Å²) in [6.45, 7) is 6.58. The van der Waals surface area contributed by atoms with E-state index in [0.29, 0.717) is 25.9 Å². The van der Waals surface area contributed by atoms with Crippen LogP contribution in [-0.2, 0) is 4.74 Å². The van der Waals surface area contributed by atoms with Crippen molar-refractivity contribution < 1.29 is 19.7 Å². The van der Waals surface area contributed by atoms with E-state index in [0.717, 1.165) is 25.7 Å². The van der Waals surface area contributed by atoms with Crippen LogP contribution in [0.25, 0.3) is 0 Å². The first-order chi connectivity index (χ1) is 9.71. The molecule has 2 N–H and O–H groups in total. The van der Waals surface area contributed by atoms with Crippen LogP contribution in [0.5, 0.6) is 0 Å². The predicted molar refractivity (Wildman–Crippen MR) is 80.0 cm³/mol. The molecule has 5 heteroatoms. The van der Waals surface area contributed by atoms with Gasteiger partial charge in [0, 0.05) is 18.5 Å². The second-order valence-electron chi connectivity index (χ2n) is 7.64. The fraction of sp³-hybridized carbons (Fsp3) is 0.938. The molecule has 1 amide bonds. The van der Waals surface area contributed by atoms with Gasteiger partial charge in [0.25, 0.3) is 0 Å². The standard InChI is InChI=1S/C16H29NO4/c1-14(2,3)21-13(19)17-10-8-16(20,9-11-17)15(12-18)6-4-5-7-15/h18,20H,4-12H2,1-3H3. The smallest absolute Gasteiger partial charge is 0.410 e. The molecule has 1 saturated carbocycles. The summed E-state index contributed by atoms with van der Waals surface area (Å²) < 4.78 is 5.38. The topological polar surface area (TPSA) is 70.0 Å². The van der Waals surface area contributed by atoms with Gasteiger partial charge in [0.2, 0.25) is 0 Å². The zero-order valence-corrected chi connectivity index (χ0v) is 13.5. The molecule has 21 heavy (non-hydrogen) atoms. The highest BCUT2D eigenvalue weighted by Gasteiger charge is 2.52. The minimum atomic E-state index is -0.850. The Hall–Kier alpha value is -0.810. The molecule has 1 heterocycles. The molecule has 2 aliphatic rings. The van der Waals surface area contributed by atoms with Gasteiger partial charge in [0.15, 0.2) is 0 Å². The molecular weight excluding hydrogens is 270 g/mol. The molecule has 5 nitrogen and oxygen atoms in total. The number of ether oxygens (including phenoxy) is 1. The molecule has 2 fully saturated rings. The molecule has 1 aliphatic carbocycles. The van der Waals surface area contributed by atoms with Gasteiger partial charge < -0.3 is 19.8 Å². The molecule has 0 spiro atoms. The van der Waals surface area contributed by atoms with Crippen LogP contribution in [0.4, 0.5) is 4.79 Å². The number of amides is 1. The van der Waals surface area contributed by atoms with E-state index >= 15 is 0 Å². The number of carbonyl (C=O) groups excluding carboxylic acids is 1. The lowest BCUT2D eigenvalue weighted by Gasteiger charge is -2.48. The minimum absolute atomic E-state index is 0.0376. The first-order valence-electron chi connectivity index (χ1n) is 8.03. The molecule has 0 bridgehead atoms. The van der Waals surface area contributed by atoms with Crippen molar-refractivity contribution in [2.45, 2.75) is 70.5 Å². The molecule has 1 aliphatic heterocycles. The third kappa shape index (κ3) is 3.34. The molecule has 0 aromatic heterocycles. The molecule has 0 aromatic carbocycles. The first kappa shape index (κ1) is 16.6. The average molecular weight is 299 g/mol. The van der Waals surface area contributed by atoms with Crippen molar-refractivity contribution in [3.05, 3.63) is 0 Å². The van der Waals surface area contributed by atoms with Gasteiger partial charge in [-0.15, -0.1) is 0 Å². The fourth-order valence-corrected chi connectivity index (χ4v) is 3.74. The van der Waals surface area contributed by atoms with Gasteiger partial charge in [0.05, 0.1) is 12.2 Å². The van der Waals surface area contributed by atoms with Crippen LogP contribution in [0, 0.1) is 5.41 Å². The number of piperidine rings is 1. The molecular formula is C16H29NO4. The van der Waals surface area contributed by atoms with Crippen LogP contribution in [-0.4, -0.2) is 52.1 Å². The Morgan fingerprint density at radius 2 is 1.67 bits per heavy atom. The van der Waals surface area contributed by atoms with E-state index in [1.807, 2.05) is 20.8 Å². The van der Waals surface area contributed by atoms with E-state index in [2.05, 4.69) is 0 Å². The van der Waals surface area contributed by atoms with Crippen molar-refractivity contribution in [3.63, 3.8) is 0 Å². The number of hydrogen-bond acceptors (Lipinski definition) is 4. The zero-order chi connectivity index (χ0) is 15.7. The van der Waals surface area contributed by atoms with Crippen LogP contribution in [0.15, 0.2) is 0 Å². The minimum Gasteiger partial charge on any atom is -0.444 e. The van der Waals surface area contributed by atoms with Gasteiger partial charge in [-0.25, -0.2) is 4.79 Å². The van der Waals surface area contributed by atoms with Crippen LogP contribution in [0.2, 0.25) is 0 Å². The Morgan fingerprint density at radius 3 is 2.10 bits per heavy atom. The third-order valence-electron chi connectivity index (χ3n) is 5.09. The molecule has 1 saturated heterocycles. The number of carbonyl (C=O) groups is 1. The number of hydrogen-bond donors (Lipinski definition) is 2. The van der Waals surface area contributed by atoms with Crippen molar-refractivity contribution in [1.29, 1.82) is 0 Å². The van der Waals surface area contributed by atoms with Crippen molar-refractivity contribution in [1.82, 2.24) is 4.90 Å². The number of likely N-dealkylation sites (tertiary alicyclic amines) is 1. The number of aliphatic hydroxyl groups excluding tert-OH is 1. The summed E-state index contributed by atoms with van der Waals surface area (Å²) in [6, 6.07) is 0. The lowest BCUT2D eigenvalue weighted by Crippen LogP contribution is -2.56. The normalized spacial score (nSPS) is 24.9. The Morgan fingerprint density at radius 1 is 1.14 bits per heavy atom. The highest BCUT2D eigenvalue weighted by Crippen LogP contribution is 2.50. The monoisotopic (exact) mass is 299 g/mol.